The quantitative estimate of drug-likeness (QED) is 0.111. The first-order valence-corrected chi connectivity index (χ1v) is 14.5. The predicted octanol–water partition coefficient (Wildman–Crippen LogP) is 2.46. The van der Waals surface area contributed by atoms with Crippen molar-refractivity contribution in [2.75, 3.05) is 13.8 Å². The number of para-hydroxylation sites is 2. The Morgan fingerprint density at radius 1 is 0.909 bits per heavy atom. The van der Waals surface area contributed by atoms with E-state index in [1.54, 1.807) is 12.1 Å². The molecule has 2 atom stereocenters. The molecule has 0 aliphatic heterocycles. The molecule has 3 aromatic carbocycles. The topological polar surface area (TPSA) is 163 Å². The zero-order valence-corrected chi connectivity index (χ0v) is 27.4. The Kier molecular flexibility index (Phi) is 16.4. The molecule has 0 aliphatic rings. The third-order valence-electron chi connectivity index (χ3n) is 6.13. The number of aliphatic hydroxyl groups excluding tert-OH is 2. The number of H-pyrrole nitrogens is 2. The van der Waals surface area contributed by atoms with E-state index < -0.39 is 29.5 Å². The Bertz CT molecular complexity index is 1690. The Balaban J connectivity index is 0.000000415. The third-order valence-corrected chi connectivity index (χ3v) is 7.43. The van der Waals surface area contributed by atoms with Crippen molar-refractivity contribution in [3.63, 3.8) is 0 Å². The van der Waals surface area contributed by atoms with Gasteiger partial charge < -0.3 is 32.0 Å². The molecule has 0 spiro atoms. The van der Waals surface area contributed by atoms with Gasteiger partial charge in [0.15, 0.2) is 0 Å². The minimum Gasteiger partial charge on any atom is -0.512 e. The summed E-state index contributed by atoms with van der Waals surface area (Å²) >= 11 is 0. The summed E-state index contributed by atoms with van der Waals surface area (Å²) in [6.45, 7) is 6.34. The number of halogens is 1. The van der Waals surface area contributed by atoms with Gasteiger partial charge in [0.25, 0.3) is 10.1 Å². The fraction of sp³-hybridized carbons (Fsp3) is 0.250. The molecule has 5 rings (SSSR count). The number of aryl methyl sites for hydroxylation is 1. The van der Waals surface area contributed by atoms with Crippen LogP contribution in [0.15, 0.2) is 89.8 Å². The van der Waals surface area contributed by atoms with Gasteiger partial charge in [-0.2, -0.15) is 13.7 Å². The van der Waals surface area contributed by atoms with Crippen molar-refractivity contribution in [2.24, 2.45) is 0 Å². The molecular formula is C32H34FN4NaO5S. The van der Waals surface area contributed by atoms with Gasteiger partial charge in [-0.3, -0.25) is 8.57 Å². The van der Waals surface area contributed by atoms with Crippen LogP contribution in [0.3, 0.4) is 0 Å². The van der Waals surface area contributed by atoms with E-state index in [0.29, 0.717) is 6.42 Å². The third kappa shape index (κ3) is 11.9. The number of fused-ring (bicyclic) bond motifs is 2. The van der Waals surface area contributed by atoms with Crippen LogP contribution in [-0.2, 0) is 27.1 Å². The molecule has 2 heterocycles. The molecule has 9 nitrogen and oxygen atoms in total. The van der Waals surface area contributed by atoms with Crippen LogP contribution >= 0.6 is 0 Å². The van der Waals surface area contributed by atoms with E-state index in [9.17, 15) is 23.0 Å². The fourth-order valence-corrected chi connectivity index (χ4v) is 5.11. The van der Waals surface area contributed by atoms with Crippen LogP contribution in [0.4, 0.5) is 4.39 Å². The summed E-state index contributed by atoms with van der Waals surface area (Å²) < 4.78 is 44.7. The normalized spacial score (nSPS) is 12.0. The molecule has 0 saturated carbocycles. The zero-order valence-electron chi connectivity index (χ0n) is 25.6. The minimum atomic E-state index is -3.86. The first-order chi connectivity index (χ1) is 21.1. The average molecular weight is 630 g/mol. The second-order valence-electron chi connectivity index (χ2n) is 9.39. The Hall–Kier alpha value is -3.52. The number of aliphatic hydroxyl groups is 2. The van der Waals surface area contributed by atoms with Gasteiger partial charge in [0.05, 0.1) is 44.7 Å². The molecule has 0 bridgehead atoms. The number of hydrogen-bond acceptors (Lipinski definition) is 7. The first kappa shape index (κ1) is 36.7. The van der Waals surface area contributed by atoms with Crippen LogP contribution < -0.4 is 29.6 Å². The Morgan fingerprint density at radius 2 is 1.36 bits per heavy atom. The van der Waals surface area contributed by atoms with Crippen molar-refractivity contribution < 1.29 is 58.1 Å². The molecule has 226 valence electrons. The molecule has 0 amide bonds. The monoisotopic (exact) mass is 629 g/mol. The molecular weight excluding hydrogens is 594 g/mol. The molecule has 5 aromatic rings. The number of nitriles is 1. The second kappa shape index (κ2) is 19.7. The zero-order chi connectivity index (χ0) is 32.5. The number of benzene rings is 3. The summed E-state index contributed by atoms with van der Waals surface area (Å²) in [7, 11) is -4.86. The van der Waals surface area contributed by atoms with Crippen molar-refractivity contribution in [1.82, 2.24) is 9.97 Å². The number of rotatable bonds is 9. The molecule has 0 saturated heterocycles. The molecule has 0 radical (unpaired) electrons. The Morgan fingerprint density at radius 3 is 1.82 bits per heavy atom. The smallest absolute Gasteiger partial charge is 0.512 e. The maximum Gasteiger partial charge on any atom is 1.00 e. The van der Waals surface area contributed by atoms with E-state index in [-0.39, 0.29) is 53.9 Å². The molecule has 2 aromatic heterocycles. The molecule has 0 aliphatic carbocycles. The van der Waals surface area contributed by atoms with Gasteiger partial charge in [-0.25, -0.2) is 0 Å². The standard InChI is InChI=1S/C18H19NO4S.C12H12N2O.CH3F.CN.Na/c1-13-6-8-17(9-7-13)24(21,22)23-12-16(20)11-15-10-14-4-2-3-5-18(14)19-15;13-6-5-11(15)8-10-7-9-3-1-2-4-12(9)14-10;2*1-2;/h2-10,16,19-20H,11-12H2,1H3;1-4,7,11,14-15H,5,8H2;1H3;;/q;;;-1;+1/t16-;11-;;;/m10.../s1/i;;1D;;. The number of hydrogen-bond donors (Lipinski definition) is 4. The van der Waals surface area contributed by atoms with E-state index >= 15 is 0 Å². The van der Waals surface area contributed by atoms with Gasteiger partial charge >= 0.3 is 29.6 Å². The van der Waals surface area contributed by atoms with Crippen LogP contribution in [0.5, 0.6) is 0 Å². The van der Waals surface area contributed by atoms with Crippen molar-refractivity contribution in [3.05, 3.63) is 108 Å². The maximum atomic E-state index is 12.1. The summed E-state index contributed by atoms with van der Waals surface area (Å²) in [6.07, 6.45) is -0.531. The molecule has 0 unspecified atom stereocenters. The molecule has 44 heavy (non-hydrogen) atoms. The van der Waals surface area contributed by atoms with Gasteiger partial charge in [-0.05, 0) is 54.1 Å². The van der Waals surface area contributed by atoms with Crippen molar-refractivity contribution in [1.29, 1.82) is 10.5 Å². The number of aromatic nitrogens is 2. The minimum absolute atomic E-state index is 0. The number of aromatic amines is 2. The predicted molar refractivity (Wildman–Crippen MR) is 163 cm³/mol. The van der Waals surface area contributed by atoms with Gasteiger partial charge in [-0.1, -0.05) is 54.1 Å². The molecule has 4 N–H and O–H groups in total. The summed E-state index contributed by atoms with van der Waals surface area (Å²) in [5.41, 5.74) is 4.82. The number of nitrogens with zero attached hydrogens (tertiary/aromatic N) is 2. The molecule has 0 fully saturated rings. The second-order valence-corrected chi connectivity index (χ2v) is 11.0. The van der Waals surface area contributed by atoms with Gasteiger partial charge in [0.2, 0.25) is 0 Å². The van der Waals surface area contributed by atoms with E-state index in [1.807, 2.05) is 73.7 Å². The largest absolute Gasteiger partial charge is 1.00 e. The van der Waals surface area contributed by atoms with Crippen molar-refractivity contribution in [2.45, 2.75) is 43.3 Å². The Labute approximate surface area is 280 Å². The van der Waals surface area contributed by atoms with Crippen LogP contribution in [-0.4, -0.2) is 54.6 Å². The molecule has 12 heteroatoms. The van der Waals surface area contributed by atoms with Crippen molar-refractivity contribution >= 4 is 31.9 Å². The van der Waals surface area contributed by atoms with E-state index in [0.717, 1.165) is 38.8 Å². The maximum absolute atomic E-state index is 12.1. The number of nitrogens with one attached hydrogen (secondary N) is 2. The van der Waals surface area contributed by atoms with E-state index in [1.165, 1.54) is 12.1 Å². The fourth-order valence-electron chi connectivity index (χ4n) is 4.17. The van der Waals surface area contributed by atoms with Gasteiger partial charge in [0, 0.05) is 35.3 Å². The summed E-state index contributed by atoms with van der Waals surface area (Å²) in [5.74, 6) is 0. The van der Waals surface area contributed by atoms with Gasteiger partial charge in [0.1, 0.15) is 0 Å². The van der Waals surface area contributed by atoms with E-state index in [4.69, 9.17) is 22.6 Å². The van der Waals surface area contributed by atoms with Crippen LogP contribution in [0.1, 0.15) is 24.7 Å². The number of alkyl halides is 1. The van der Waals surface area contributed by atoms with Gasteiger partial charge in [-0.15, -0.1) is 0 Å². The SMILES string of the molecule is Cc1ccc(S(=O)(=O)OC[C@H](O)Cc2cc3ccccc3[nH]2)cc1.N#CC[C@H](O)Cc1cc2ccccc2[nH]1.[2H]CF.[C-]#N.[Na+]. The van der Waals surface area contributed by atoms with Crippen LogP contribution in [0.25, 0.3) is 21.8 Å². The summed E-state index contributed by atoms with van der Waals surface area (Å²) in [5, 5.41) is 36.4. The summed E-state index contributed by atoms with van der Waals surface area (Å²) in [6, 6.07) is 28.1. The average Bonchev–Trinajstić information content (AvgIpc) is 3.61. The van der Waals surface area contributed by atoms with Crippen LogP contribution in [0, 0.1) is 30.1 Å². The summed E-state index contributed by atoms with van der Waals surface area (Å²) in [4.78, 5) is 6.50. The van der Waals surface area contributed by atoms with Crippen molar-refractivity contribution in [3.8, 4) is 6.07 Å². The van der Waals surface area contributed by atoms with Crippen LogP contribution in [0.2, 0.25) is 0 Å². The first-order valence-electron chi connectivity index (χ1n) is 13.8. The van der Waals surface area contributed by atoms with E-state index in [2.05, 4.69) is 9.97 Å².